The maximum atomic E-state index is 12.0. The van der Waals surface area contributed by atoms with E-state index >= 15 is 0 Å². The molecule has 0 aromatic carbocycles. The number of alkyl halides is 3. The molecule has 22 heavy (non-hydrogen) atoms. The van der Waals surface area contributed by atoms with Crippen molar-refractivity contribution in [3.63, 3.8) is 0 Å². The molecular formula is C13H21F3N2O4. The molecule has 6 nitrogen and oxygen atoms in total. The van der Waals surface area contributed by atoms with Crippen LogP contribution < -0.4 is 5.32 Å². The zero-order valence-electron chi connectivity index (χ0n) is 12.1. The monoisotopic (exact) mass is 326 g/mol. The van der Waals surface area contributed by atoms with Gasteiger partial charge >= 0.3 is 6.18 Å². The van der Waals surface area contributed by atoms with Gasteiger partial charge < -0.3 is 20.6 Å². The highest BCUT2D eigenvalue weighted by molar-refractivity contribution is 5.76. The number of halogens is 3. The smallest absolute Gasteiger partial charge is 0.395 e. The van der Waals surface area contributed by atoms with E-state index in [0.717, 1.165) is 6.08 Å². The third kappa shape index (κ3) is 4.94. The van der Waals surface area contributed by atoms with Crippen LogP contribution in [0.4, 0.5) is 13.2 Å². The summed E-state index contributed by atoms with van der Waals surface area (Å²) < 4.78 is 36.1. The Hall–Kier alpha value is -1.16. The van der Waals surface area contributed by atoms with Gasteiger partial charge in [0.2, 0.25) is 5.91 Å². The van der Waals surface area contributed by atoms with E-state index in [1.54, 1.807) is 0 Å². The Bertz CT molecular complexity index is 403. The fourth-order valence-corrected chi connectivity index (χ4v) is 2.61. The molecule has 0 bridgehead atoms. The quantitative estimate of drug-likeness (QED) is 0.489. The Kier molecular flexibility index (Phi) is 6.79. The minimum atomic E-state index is -4.40. The summed E-state index contributed by atoms with van der Waals surface area (Å²) in [5.41, 5.74) is 0. The van der Waals surface area contributed by atoms with Crippen LogP contribution in [0.15, 0.2) is 12.2 Å². The SMILES string of the molecule is CNC(=O)C[C@@H]1[C@@H](O)[C@H](O)[C@@H](CO)N1CC/C=C\C(F)(F)F. The summed E-state index contributed by atoms with van der Waals surface area (Å²) in [7, 11) is 1.42. The van der Waals surface area contributed by atoms with Crippen LogP contribution in [-0.4, -0.2) is 76.8 Å². The highest BCUT2D eigenvalue weighted by Gasteiger charge is 2.47. The molecule has 0 aromatic heterocycles. The van der Waals surface area contributed by atoms with Crippen molar-refractivity contribution in [1.29, 1.82) is 0 Å². The van der Waals surface area contributed by atoms with Gasteiger partial charge in [-0.25, -0.2) is 0 Å². The van der Waals surface area contributed by atoms with Crippen LogP contribution >= 0.6 is 0 Å². The normalized spacial score (nSPS) is 30.1. The number of nitrogens with one attached hydrogen (secondary N) is 1. The van der Waals surface area contributed by atoms with Gasteiger partial charge in [0.15, 0.2) is 0 Å². The number of aliphatic hydroxyl groups is 3. The lowest BCUT2D eigenvalue weighted by atomic mass is 10.1. The molecule has 0 spiro atoms. The van der Waals surface area contributed by atoms with Crippen molar-refractivity contribution < 1.29 is 33.3 Å². The Morgan fingerprint density at radius 2 is 1.86 bits per heavy atom. The van der Waals surface area contributed by atoms with Crippen molar-refractivity contribution in [3.8, 4) is 0 Å². The second-order valence-corrected chi connectivity index (χ2v) is 5.15. The molecule has 4 atom stereocenters. The molecule has 1 amide bonds. The fraction of sp³-hybridized carbons (Fsp3) is 0.769. The van der Waals surface area contributed by atoms with Gasteiger partial charge in [-0.15, -0.1) is 0 Å². The third-order valence-corrected chi connectivity index (χ3v) is 3.71. The number of nitrogens with zero attached hydrogens (tertiary/aromatic N) is 1. The van der Waals surface area contributed by atoms with Crippen molar-refractivity contribution in [2.45, 2.75) is 43.3 Å². The Morgan fingerprint density at radius 3 is 2.36 bits per heavy atom. The first kappa shape index (κ1) is 18.9. The summed E-state index contributed by atoms with van der Waals surface area (Å²) in [5.74, 6) is -0.370. The molecular weight excluding hydrogens is 305 g/mol. The molecule has 1 aliphatic rings. The van der Waals surface area contributed by atoms with E-state index < -0.39 is 37.1 Å². The molecule has 0 unspecified atom stereocenters. The summed E-state index contributed by atoms with van der Waals surface area (Å²) in [5, 5.41) is 31.6. The number of aliphatic hydroxyl groups excluding tert-OH is 3. The van der Waals surface area contributed by atoms with E-state index in [0.29, 0.717) is 0 Å². The van der Waals surface area contributed by atoms with Crippen molar-refractivity contribution in [2.75, 3.05) is 20.2 Å². The standard InChI is InChI=1S/C13H21F3N2O4/c1-17-10(20)6-8-11(21)12(22)9(7-19)18(8)5-3-2-4-13(14,15)16/h2,4,8-9,11-12,19,21-22H,3,5-7H2,1H3,(H,17,20)/b4-2-/t8-,9-,11-,12-/m1/s1. The molecule has 1 heterocycles. The van der Waals surface area contributed by atoms with Crippen LogP contribution in [0, 0.1) is 0 Å². The number of allylic oxidation sites excluding steroid dienone is 1. The van der Waals surface area contributed by atoms with Crippen molar-refractivity contribution in [2.24, 2.45) is 0 Å². The zero-order valence-corrected chi connectivity index (χ0v) is 12.1. The lowest BCUT2D eigenvalue weighted by molar-refractivity contribution is -0.122. The topological polar surface area (TPSA) is 93.0 Å². The molecule has 0 saturated carbocycles. The van der Waals surface area contributed by atoms with Crippen molar-refractivity contribution in [3.05, 3.63) is 12.2 Å². The van der Waals surface area contributed by atoms with Crippen LogP contribution in [-0.2, 0) is 4.79 Å². The Balaban J connectivity index is 2.75. The summed E-state index contributed by atoms with van der Waals surface area (Å²) in [6.45, 7) is -0.390. The van der Waals surface area contributed by atoms with Gasteiger partial charge in [0.25, 0.3) is 0 Å². The first-order chi connectivity index (χ1) is 10.2. The van der Waals surface area contributed by atoms with Crippen molar-refractivity contribution in [1.82, 2.24) is 10.2 Å². The van der Waals surface area contributed by atoms with E-state index in [1.165, 1.54) is 11.9 Å². The van der Waals surface area contributed by atoms with Gasteiger partial charge in [0.1, 0.15) is 0 Å². The predicted octanol–water partition coefficient (Wildman–Crippen LogP) is -0.602. The number of hydrogen-bond acceptors (Lipinski definition) is 5. The number of rotatable bonds is 6. The Labute approximate surface area is 126 Å². The van der Waals surface area contributed by atoms with Gasteiger partial charge in [-0.2, -0.15) is 13.2 Å². The number of hydrogen-bond donors (Lipinski definition) is 4. The second-order valence-electron chi connectivity index (χ2n) is 5.15. The second kappa shape index (κ2) is 7.91. The summed E-state index contributed by atoms with van der Waals surface area (Å²) in [6.07, 6.45) is -5.97. The third-order valence-electron chi connectivity index (χ3n) is 3.71. The molecule has 4 N–H and O–H groups in total. The minimum Gasteiger partial charge on any atom is -0.395 e. The molecule has 1 fully saturated rings. The van der Waals surface area contributed by atoms with E-state index in [2.05, 4.69) is 5.32 Å². The van der Waals surface area contributed by atoms with E-state index in [9.17, 15) is 33.3 Å². The molecule has 0 aliphatic carbocycles. The number of carbonyl (C=O) groups is 1. The van der Waals surface area contributed by atoms with Crippen LogP contribution in [0.25, 0.3) is 0 Å². The zero-order chi connectivity index (χ0) is 16.9. The average molecular weight is 326 g/mol. The van der Waals surface area contributed by atoms with Crippen LogP contribution in [0.1, 0.15) is 12.8 Å². The van der Waals surface area contributed by atoms with Crippen LogP contribution in [0.2, 0.25) is 0 Å². The molecule has 128 valence electrons. The number of likely N-dealkylation sites (tertiary alicyclic amines) is 1. The summed E-state index contributed by atoms with van der Waals surface area (Å²) >= 11 is 0. The van der Waals surface area contributed by atoms with E-state index in [1.807, 2.05) is 0 Å². The fourth-order valence-electron chi connectivity index (χ4n) is 2.61. The molecule has 1 aliphatic heterocycles. The molecule has 1 rings (SSSR count). The lowest BCUT2D eigenvalue weighted by Crippen LogP contribution is -2.43. The maximum Gasteiger partial charge on any atom is 0.409 e. The summed E-state index contributed by atoms with van der Waals surface area (Å²) in [6, 6.07) is -1.57. The van der Waals surface area contributed by atoms with Gasteiger partial charge in [0, 0.05) is 32.1 Å². The minimum absolute atomic E-state index is 0.0136. The van der Waals surface area contributed by atoms with Gasteiger partial charge in [-0.05, 0) is 6.42 Å². The first-order valence-electron chi connectivity index (χ1n) is 6.89. The Morgan fingerprint density at radius 1 is 1.27 bits per heavy atom. The molecule has 9 heteroatoms. The maximum absolute atomic E-state index is 12.0. The highest BCUT2D eigenvalue weighted by atomic mass is 19.4. The first-order valence-corrected chi connectivity index (χ1v) is 6.89. The molecule has 0 aromatic rings. The molecule has 0 radical (unpaired) electrons. The van der Waals surface area contributed by atoms with E-state index in [4.69, 9.17) is 0 Å². The predicted molar refractivity (Wildman–Crippen MR) is 71.9 cm³/mol. The van der Waals surface area contributed by atoms with E-state index in [-0.39, 0.29) is 31.4 Å². The van der Waals surface area contributed by atoms with Gasteiger partial charge in [0.05, 0.1) is 24.9 Å². The number of carbonyl (C=O) groups excluding carboxylic acids is 1. The highest BCUT2D eigenvalue weighted by Crippen LogP contribution is 2.28. The van der Waals surface area contributed by atoms with Gasteiger partial charge in [-0.1, -0.05) is 6.08 Å². The van der Waals surface area contributed by atoms with Gasteiger partial charge in [-0.3, -0.25) is 9.69 Å². The number of amides is 1. The largest absolute Gasteiger partial charge is 0.409 e. The average Bonchev–Trinajstić information content (AvgIpc) is 2.66. The molecule has 1 saturated heterocycles. The van der Waals surface area contributed by atoms with Crippen molar-refractivity contribution >= 4 is 5.91 Å². The van der Waals surface area contributed by atoms with Crippen LogP contribution in [0.5, 0.6) is 0 Å². The summed E-state index contributed by atoms with van der Waals surface area (Å²) in [4.78, 5) is 12.9. The lowest BCUT2D eigenvalue weighted by Gasteiger charge is -2.28. The van der Waals surface area contributed by atoms with Crippen LogP contribution in [0.3, 0.4) is 0 Å².